The Kier molecular flexibility index (Phi) is 5.20. The zero-order chi connectivity index (χ0) is 16.1. The van der Waals surface area contributed by atoms with E-state index in [1.165, 1.54) is 6.08 Å². The second-order valence-electron chi connectivity index (χ2n) is 4.77. The molecule has 0 atom stereocenters. The summed E-state index contributed by atoms with van der Waals surface area (Å²) >= 11 is 3.14. The molecule has 0 aliphatic carbocycles. The van der Waals surface area contributed by atoms with E-state index >= 15 is 0 Å². The van der Waals surface area contributed by atoms with E-state index in [9.17, 15) is 9.59 Å². The molecule has 2 heterocycles. The number of benzene rings is 1. The van der Waals surface area contributed by atoms with Crippen LogP contribution in [0.25, 0.3) is 6.08 Å². The van der Waals surface area contributed by atoms with Gasteiger partial charge in [0.1, 0.15) is 5.76 Å². The molecule has 1 aromatic carbocycles. The van der Waals surface area contributed by atoms with Gasteiger partial charge in [-0.3, -0.25) is 9.59 Å². The van der Waals surface area contributed by atoms with Crippen LogP contribution in [0.3, 0.4) is 0 Å². The fraction of sp³-hybridized carbons (Fsp3) is 0.111. The first-order valence-corrected chi connectivity index (χ1v) is 9.08. The summed E-state index contributed by atoms with van der Waals surface area (Å²) in [5.74, 6) is 1.91. The summed E-state index contributed by atoms with van der Waals surface area (Å²) < 4.78 is 6.00. The number of carbonyl (C=O) groups excluding carboxylic acids is 2. The Balaban J connectivity index is 1.92. The van der Waals surface area contributed by atoms with Gasteiger partial charge in [-0.15, -0.1) is 23.5 Å². The summed E-state index contributed by atoms with van der Waals surface area (Å²) in [6, 6.07) is 12.4. The minimum atomic E-state index is -0.285. The van der Waals surface area contributed by atoms with Crippen molar-refractivity contribution in [1.82, 2.24) is 0 Å². The van der Waals surface area contributed by atoms with Crippen molar-refractivity contribution in [3.05, 3.63) is 75.9 Å². The van der Waals surface area contributed by atoms with Crippen molar-refractivity contribution in [3.63, 3.8) is 0 Å². The molecular formula is C18H14O3S2. The molecule has 2 aromatic rings. The number of carbonyl (C=O) groups is 2. The van der Waals surface area contributed by atoms with E-state index in [1.54, 1.807) is 72.3 Å². The van der Waals surface area contributed by atoms with E-state index < -0.39 is 0 Å². The van der Waals surface area contributed by atoms with E-state index in [0.29, 0.717) is 11.3 Å². The van der Waals surface area contributed by atoms with Crippen molar-refractivity contribution >= 4 is 41.2 Å². The quantitative estimate of drug-likeness (QED) is 0.348. The first-order valence-electron chi connectivity index (χ1n) is 7.11. The summed E-state index contributed by atoms with van der Waals surface area (Å²) in [7, 11) is 0. The number of ketones is 2. The minimum absolute atomic E-state index is 0.225. The molecule has 0 bridgehead atoms. The van der Waals surface area contributed by atoms with E-state index in [-0.39, 0.29) is 17.1 Å². The fourth-order valence-corrected chi connectivity index (χ4v) is 4.67. The highest BCUT2D eigenvalue weighted by molar-refractivity contribution is 8.25. The highest BCUT2D eigenvalue weighted by Gasteiger charge is 2.25. The molecule has 3 rings (SSSR count). The number of rotatable bonds is 5. The van der Waals surface area contributed by atoms with Gasteiger partial charge in [0.25, 0.3) is 0 Å². The molecule has 116 valence electrons. The molecule has 1 saturated heterocycles. The lowest BCUT2D eigenvalue weighted by Gasteiger charge is -2.06. The van der Waals surface area contributed by atoms with Crippen LogP contribution >= 0.6 is 23.5 Å². The molecule has 1 aliphatic rings. The van der Waals surface area contributed by atoms with Crippen LogP contribution in [-0.4, -0.2) is 23.1 Å². The number of allylic oxidation sites excluding steroid dienone is 2. The largest absolute Gasteiger partial charge is 0.465 e. The second-order valence-corrected chi connectivity index (χ2v) is 7.24. The summed E-state index contributed by atoms with van der Waals surface area (Å²) in [6.45, 7) is 0. The minimum Gasteiger partial charge on any atom is -0.465 e. The predicted octanol–water partition coefficient (Wildman–Crippen LogP) is 4.44. The SMILES string of the molecule is O=C(/C=C/c1ccco1)C(C(=O)c1ccccc1)=C1SCCS1. The van der Waals surface area contributed by atoms with Crippen molar-refractivity contribution in [2.24, 2.45) is 0 Å². The smallest absolute Gasteiger partial charge is 0.198 e. The Morgan fingerprint density at radius 3 is 2.39 bits per heavy atom. The van der Waals surface area contributed by atoms with Crippen LogP contribution in [0.1, 0.15) is 16.1 Å². The summed E-state index contributed by atoms with van der Waals surface area (Å²) in [6.07, 6.45) is 4.54. The van der Waals surface area contributed by atoms with Gasteiger partial charge < -0.3 is 4.42 Å². The van der Waals surface area contributed by atoms with Crippen LogP contribution < -0.4 is 0 Å². The summed E-state index contributed by atoms with van der Waals surface area (Å²) in [4.78, 5) is 25.4. The Morgan fingerprint density at radius 1 is 1.00 bits per heavy atom. The predicted molar refractivity (Wildman–Crippen MR) is 95.5 cm³/mol. The molecule has 0 saturated carbocycles. The highest BCUT2D eigenvalue weighted by Crippen LogP contribution is 2.39. The van der Waals surface area contributed by atoms with Gasteiger partial charge in [-0.2, -0.15) is 0 Å². The zero-order valence-electron chi connectivity index (χ0n) is 12.2. The van der Waals surface area contributed by atoms with Crippen LogP contribution in [0.15, 0.2) is 69.0 Å². The number of hydrogen-bond donors (Lipinski definition) is 0. The average Bonchev–Trinajstić information content (AvgIpc) is 3.28. The van der Waals surface area contributed by atoms with Gasteiger partial charge in [0, 0.05) is 17.1 Å². The van der Waals surface area contributed by atoms with Crippen LogP contribution in [0, 0.1) is 0 Å². The Labute approximate surface area is 142 Å². The summed E-state index contributed by atoms with van der Waals surface area (Å²) in [5.41, 5.74) is 0.786. The molecule has 1 aliphatic heterocycles. The fourth-order valence-electron chi connectivity index (χ4n) is 2.12. The number of hydrogen-bond acceptors (Lipinski definition) is 5. The molecular weight excluding hydrogens is 328 g/mol. The van der Waals surface area contributed by atoms with Crippen molar-refractivity contribution in [3.8, 4) is 0 Å². The molecule has 3 nitrogen and oxygen atoms in total. The Hall–Kier alpha value is -1.98. The van der Waals surface area contributed by atoms with Gasteiger partial charge in [0.15, 0.2) is 11.6 Å². The third-order valence-electron chi connectivity index (χ3n) is 3.21. The lowest BCUT2D eigenvalue weighted by atomic mass is 10.0. The molecule has 23 heavy (non-hydrogen) atoms. The van der Waals surface area contributed by atoms with E-state index in [2.05, 4.69) is 0 Å². The maximum absolute atomic E-state index is 12.8. The molecule has 5 heteroatoms. The van der Waals surface area contributed by atoms with Gasteiger partial charge in [-0.05, 0) is 24.3 Å². The van der Waals surface area contributed by atoms with Crippen LogP contribution in [0.4, 0.5) is 0 Å². The Morgan fingerprint density at radius 2 is 1.74 bits per heavy atom. The van der Waals surface area contributed by atoms with Crippen LogP contribution in [0.2, 0.25) is 0 Å². The second kappa shape index (κ2) is 7.53. The third kappa shape index (κ3) is 3.86. The normalized spacial score (nSPS) is 14.3. The Bertz CT molecular complexity index is 751. The summed E-state index contributed by atoms with van der Waals surface area (Å²) in [5, 5.41) is 0. The van der Waals surface area contributed by atoms with Crippen LogP contribution in [-0.2, 0) is 4.79 Å². The van der Waals surface area contributed by atoms with E-state index in [4.69, 9.17) is 4.42 Å². The standard InChI is InChI=1S/C18H14O3S2/c19-15(9-8-14-7-4-10-21-14)16(18-22-11-12-23-18)17(20)13-5-2-1-3-6-13/h1-10H,11-12H2/b9-8+. The van der Waals surface area contributed by atoms with Crippen molar-refractivity contribution in [2.45, 2.75) is 0 Å². The van der Waals surface area contributed by atoms with Gasteiger partial charge in [0.05, 0.1) is 16.1 Å². The van der Waals surface area contributed by atoms with Crippen LogP contribution in [0.5, 0.6) is 0 Å². The molecule has 1 fully saturated rings. The molecule has 0 amide bonds. The van der Waals surface area contributed by atoms with Gasteiger partial charge in [-0.1, -0.05) is 30.3 Å². The maximum atomic E-state index is 12.8. The number of thioether (sulfide) groups is 2. The molecule has 0 radical (unpaired) electrons. The molecule has 0 unspecified atom stereocenters. The third-order valence-corrected chi connectivity index (χ3v) is 5.92. The molecule has 0 N–H and O–H groups in total. The van der Waals surface area contributed by atoms with Crippen molar-refractivity contribution < 1.29 is 14.0 Å². The van der Waals surface area contributed by atoms with Gasteiger partial charge in [0.2, 0.25) is 0 Å². The number of furan rings is 1. The lowest BCUT2D eigenvalue weighted by Crippen LogP contribution is -2.12. The van der Waals surface area contributed by atoms with Gasteiger partial charge >= 0.3 is 0 Å². The number of Topliss-reactive ketones (excluding diaryl/α,β-unsaturated/α-hetero) is 1. The lowest BCUT2D eigenvalue weighted by molar-refractivity contribution is -0.111. The van der Waals surface area contributed by atoms with E-state index in [1.807, 2.05) is 6.07 Å². The topological polar surface area (TPSA) is 47.3 Å². The average molecular weight is 342 g/mol. The zero-order valence-corrected chi connectivity index (χ0v) is 13.9. The van der Waals surface area contributed by atoms with Crippen molar-refractivity contribution in [1.29, 1.82) is 0 Å². The first kappa shape index (κ1) is 15.9. The molecule has 1 aromatic heterocycles. The first-order chi connectivity index (χ1) is 11.3. The van der Waals surface area contributed by atoms with Gasteiger partial charge in [-0.25, -0.2) is 0 Å². The maximum Gasteiger partial charge on any atom is 0.198 e. The van der Waals surface area contributed by atoms with Crippen molar-refractivity contribution in [2.75, 3.05) is 11.5 Å². The monoisotopic (exact) mass is 342 g/mol. The molecule has 0 spiro atoms. The van der Waals surface area contributed by atoms with E-state index in [0.717, 1.165) is 15.7 Å². The highest BCUT2D eigenvalue weighted by atomic mass is 32.2.